The Morgan fingerprint density at radius 2 is 1.57 bits per heavy atom. The molecule has 2 heterocycles. The Bertz CT molecular complexity index is 685. The number of anilines is 3. The summed E-state index contributed by atoms with van der Waals surface area (Å²) in [6.45, 7) is 0.723. The van der Waals surface area contributed by atoms with Gasteiger partial charge in [-0.2, -0.15) is 0 Å². The van der Waals surface area contributed by atoms with Gasteiger partial charge < -0.3 is 10.6 Å². The number of pyridine rings is 1. The molecule has 5 nitrogen and oxygen atoms in total. The smallest absolute Gasteiger partial charge is 0.137 e. The molecule has 0 amide bonds. The fraction of sp³-hybridized carbons (Fsp3) is 0.0625. The number of rotatable bonds is 5. The number of hydrogen-bond acceptors (Lipinski definition) is 5. The first-order valence-corrected chi connectivity index (χ1v) is 6.68. The largest absolute Gasteiger partial charge is 0.366 e. The quantitative estimate of drug-likeness (QED) is 0.749. The summed E-state index contributed by atoms with van der Waals surface area (Å²) in [5, 5.41) is 6.42. The van der Waals surface area contributed by atoms with Crippen LogP contribution in [-0.2, 0) is 6.54 Å². The molecular weight excluding hydrogens is 262 g/mol. The topological polar surface area (TPSA) is 62.7 Å². The van der Waals surface area contributed by atoms with Gasteiger partial charge in [-0.3, -0.25) is 0 Å². The Hall–Kier alpha value is -2.95. The monoisotopic (exact) mass is 277 g/mol. The van der Waals surface area contributed by atoms with E-state index in [1.54, 1.807) is 6.20 Å². The van der Waals surface area contributed by atoms with E-state index in [0.717, 1.165) is 18.2 Å². The molecule has 0 aliphatic heterocycles. The molecule has 0 saturated heterocycles. The van der Waals surface area contributed by atoms with E-state index in [1.807, 2.05) is 42.5 Å². The standard InChI is InChI=1S/C16H15N5/c1-2-6-13(7-3-1)11-18-15-10-16(20-12-19-15)21-14-8-4-5-9-17-14/h1-10,12H,11H2,(H2,17,18,19,20,21). The van der Waals surface area contributed by atoms with Crippen LogP contribution in [0.3, 0.4) is 0 Å². The summed E-state index contributed by atoms with van der Waals surface area (Å²) in [5.74, 6) is 2.23. The molecule has 0 radical (unpaired) electrons. The molecule has 2 aromatic heterocycles. The molecule has 3 rings (SSSR count). The Labute approximate surface area is 123 Å². The lowest BCUT2D eigenvalue weighted by Crippen LogP contribution is -2.03. The molecule has 0 fully saturated rings. The van der Waals surface area contributed by atoms with Gasteiger partial charge in [0, 0.05) is 18.8 Å². The van der Waals surface area contributed by atoms with Crippen LogP contribution in [0.15, 0.2) is 67.1 Å². The molecule has 0 bridgehead atoms. The third-order valence-corrected chi connectivity index (χ3v) is 2.90. The van der Waals surface area contributed by atoms with E-state index in [4.69, 9.17) is 0 Å². The van der Waals surface area contributed by atoms with Crippen LogP contribution in [0.2, 0.25) is 0 Å². The van der Waals surface area contributed by atoms with E-state index >= 15 is 0 Å². The van der Waals surface area contributed by atoms with E-state index in [1.165, 1.54) is 11.9 Å². The van der Waals surface area contributed by atoms with Crippen LogP contribution in [-0.4, -0.2) is 15.0 Å². The van der Waals surface area contributed by atoms with E-state index in [-0.39, 0.29) is 0 Å². The summed E-state index contributed by atoms with van der Waals surface area (Å²) in [6, 6.07) is 17.7. The summed E-state index contributed by atoms with van der Waals surface area (Å²) in [7, 11) is 0. The van der Waals surface area contributed by atoms with Gasteiger partial charge in [-0.15, -0.1) is 0 Å². The molecule has 5 heteroatoms. The number of hydrogen-bond donors (Lipinski definition) is 2. The molecule has 0 atom stereocenters. The van der Waals surface area contributed by atoms with E-state index in [2.05, 4.69) is 37.7 Å². The zero-order chi connectivity index (χ0) is 14.3. The first-order chi connectivity index (χ1) is 10.4. The molecule has 0 aliphatic carbocycles. The number of nitrogens with zero attached hydrogens (tertiary/aromatic N) is 3. The van der Waals surface area contributed by atoms with Gasteiger partial charge in [-0.05, 0) is 17.7 Å². The SMILES string of the molecule is c1ccc(CNc2cc(Nc3ccccn3)ncn2)cc1. The minimum absolute atomic E-state index is 0.708. The molecule has 104 valence electrons. The van der Waals surface area contributed by atoms with Crippen LogP contribution in [0.5, 0.6) is 0 Å². The molecule has 3 aromatic rings. The Morgan fingerprint density at radius 3 is 2.38 bits per heavy atom. The van der Waals surface area contributed by atoms with Crippen molar-refractivity contribution in [2.24, 2.45) is 0 Å². The third-order valence-electron chi connectivity index (χ3n) is 2.90. The Morgan fingerprint density at radius 1 is 0.762 bits per heavy atom. The molecule has 0 saturated carbocycles. The maximum Gasteiger partial charge on any atom is 0.137 e. The van der Waals surface area contributed by atoms with Gasteiger partial charge in [0.2, 0.25) is 0 Å². The highest BCUT2D eigenvalue weighted by molar-refractivity contribution is 5.55. The van der Waals surface area contributed by atoms with Crippen molar-refractivity contribution in [2.75, 3.05) is 10.6 Å². The zero-order valence-corrected chi connectivity index (χ0v) is 11.4. The van der Waals surface area contributed by atoms with Gasteiger partial charge in [0.25, 0.3) is 0 Å². The van der Waals surface area contributed by atoms with Crippen molar-refractivity contribution >= 4 is 17.5 Å². The normalized spacial score (nSPS) is 10.1. The van der Waals surface area contributed by atoms with Gasteiger partial charge in [-0.25, -0.2) is 15.0 Å². The number of nitrogens with one attached hydrogen (secondary N) is 2. The number of aromatic nitrogens is 3. The summed E-state index contributed by atoms with van der Waals surface area (Å²) in [5.41, 5.74) is 1.20. The average Bonchev–Trinajstić information content (AvgIpc) is 2.55. The van der Waals surface area contributed by atoms with Crippen molar-refractivity contribution < 1.29 is 0 Å². The van der Waals surface area contributed by atoms with E-state index in [9.17, 15) is 0 Å². The van der Waals surface area contributed by atoms with Gasteiger partial charge >= 0.3 is 0 Å². The van der Waals surface area contributed by atoms with Crippen molar-refractivity contribution in [1.82, 2.24) is 15.0 Å². The van der Waals surface area contributed by atoms with Crippen LogP contribution in [0.1, 0.15) is 5.56 Å². The van der Waals surface area contributed by atoms with Crippen molar-refractivity contribution in [1.29, 1.82) is 0 Å². The van der Waals surface area contributed by atoms with Gasteiger partial charge in [-0.1, -0.05) is 36.4 Å². The number of benzene rings is 1. The fourth-order valence-electron chi connectivity index (χ4n) is 1.88. The second kappa shape index (κ2) is 6.47. The van der Waals surface area contributed by atoms with Crippen molar-refractivity contribution in [3.05, 3.63) is 72.7 Å². The van der Waals surface area contributed by atoms with E-state index < -0.39 is 0 Å². The molecule has 0 unspecified atom stereocenters. The van der Waals surface area contributed by atoms with Crippen LogP contribution >= 0.6 is 0 Å². The summed E-state index contributed by atoms with van der Waals surface area (Å²) < 4.78 is 0. The maximum atomic E-state index is 4.21. The van der Waals surface area contributed by atoms with Crippen molar-refractivity contribution in [3.63, 3.8) is 0 Å². The fourth-order valence-corrected chi connectivity index (χ4v) is 1.88. The maximum absolute atomic E-state index is 4.21. The molecule has 0 spiro atoms. The van der Waals surface area contributed by atoms with Crippen molar-refractivity contribution in [3.8, 4) is 0 Å². The molecule has 0 aliphatic rings. The molecule has 1 aromatic carbocycles. The van der Waals surface area contributed by atoms with Crippen LogP contribution in [0.25, 0.3) is 0 Å². The third kappa shape index (κ3) is 3.76. The summed E-state index contributed by atoms with van der Waals surface area (Å²) in [4.78, 5) is 12.6. The van der Waals surface area contributed by atoms with Gasteiger partial charge in [0.1, 0.15) is 23.8 Å². The second-order valence-corrected chi connectivity index (χ2v) is 4.47. The highest BCUT2D eigenvalue weighted by atomic mass is 15.1. The summed E-state index contributed by atoms with van der Waals surface area (Å²) >= 11 is 0. The van der Waals surface area contributed by atoms with Crippen LogP contribution in [0, 0.1) is 0 Å². The minimum Gasteiger partial charge on any atom is -0.366 e. The Kier molecular flexibility index (Phi) is 4.02. The highest BCUT2D eigenvalue weighted by Gasteiger charge is 2.00. The lowest BCUT2D eigenvalue weighted by atomic mass is 10.2. The van der Waals surface area contributed by atoms with Gasteiger partial charge in [0.05, 0.1) is 0 Å². The average molecular weight is 277 g/mol. The molecule has 2 N–H and O–H groups in total. The lowest BCUT2D eigenvalue weighted by molar-refractivity contribution is 1.08. The predicted molar refractivity (Wildman–Crippen MR) is 83.3 cm³/mol. The van der Waals surface area contributed by atoms with Crippen molar-refractivity contribution in [2.45, 2.75) is 6.54 Å². The van der Waals surface area contributed by atoms with E-state index in [0.29, 0.717) is 5.82 Å². The first-order valence-electron chi connectivity index (χ1n) is 6.68. The lowest BCUT2D eigenvalue weighted by Gasteiger charge is -2.08. The van der Waals surface area contributed by atoms with Crippen LogP contribution < -0.4 is 10.6 Å². The second-order valence-electron chi connectivity index (χ2n) is 4.47. The summed E-state index contributed by atoms with van der Waals surface area (Å²) in [6.07, 6.45) is 3.26. The minimum atomic E-state index is 0.708. The van der Waals surface area contributed by atoms with Crippen LogP contribution in [0.4, 0.5) is 17.5 Å². The predicted octanol–water partition coefficient (Wildman–Crippen LogP) is 3.23. The molecular formula is C16H15N5. The first kappa shape index (κ1) is 13.1. The van der Waals surface area contributed by atoms with Gasteiger partial charge in [0.15, 0.2) is 0 Å². The zero-order valence-electron chi connectivity index (χ0n) is 11.4. The molecule has 21 heavy (non-hydrogen) atoms. The Balaban J connectivity index is 1.66. The highest BCUT2D eigenvalue weighted by Crippen LogP contribution is 2.14.